The molecule has 1 aliphatic carbocycles. The summed E-state index contributed by atoms with van der Waals surface area (Å²) in [6.07, 6.45) is 7.57. The van der Waals surface area contributed by atoms with Gasteiger partial charge in [-0.25, -0.2) is 0 Å². The predicted octanol–water partition coefficient (Wildman–Crippen LogP) is 1.44. The third-order valence-electron chi connectivity index (χ3n) is 5.75. The summed E-state index contributed by atoms with van der Waals surface area (Å²) in [6, 6.07) is 0.527. The number of nitrogens with zero attached hydrogens (tertiary/aromatic N) is 5. The van der Waals surface area contributed by atoms with Gasteiger partial charge in [-0.15, -0.1) is 11.3 Å². The molecule has 0 aromatic carbocycles. The fourth-order valence-corrected chi connectivity index (χ4v) is 5.67. The fraction of sp³-hybridized carbons (Fsp3) is 0.647. The van der Waals surface area contributed by atoms with E-state index in [0.717, 1.165) is 23.6 Å². The van der Waals surface area contributed by atoms with Gasteiger partial charge in [0.15, 0.2) is 0 Å². The summed E-state index contributed by atoms with van der Waals surface area (Å²) in [6.45, 7) is 5.76. The van der Waals surface area contributed by atoms with Gasteiger partial charge in [0, 0.05) is 12.5 Å². The molecular weight excluding hydrogens is 334 g/mol. The van der Waals surface area contributed by atoms with E-state index in [-0.39, 0.29) is 0 Å². The zero-order chi connectivity index (χ0) is 16.8. The van der Waals surface area contributed by atoms with Gasteiger partial charge in [0.25, 0.3) is 5.78 Å². The lowest BCUT2D eigenvalue weighted by Crippen LogP contribution is -3.11. The second-order valence-electron chi connectivity index (χ2n) is 7.29. The monoisotopic (exact) mass is 358 g/mol. The Labute approximate surface area is 150 Å². The zero-order valence-corrected chi connectivity index (χ0v) is 15.4. The van der Waals surface area contributed by atoms with Crippen molar-refractivity contribution in [2.24, 2.45) is 0 Å². The molecule has 3 aromatic heterocycles. The molecule has 132 valence electrons. The zero-order valence-electron chi connectivity index (χ0n) is 14.6. The van der Waals surface area contributed by atoms with Crippen LogP contribution >= 0.6 is 11.3 Å². The number of likely N-dealkylation sites (N-methyl/N-ethyl adjacent to an activating group) is 1. The smallest absolute Gasteiger partial charge is 0.276 e. The van der Waals surface area contributed by atoms with Gasteiger partial charge in [-0.3, -0.25) is 0 Å². The third-order valence-corrected chi connectivity index (χ3v) is 6.96. The van der Waals surface area contributed by atoms with Gasteiger partial charge in [-0.05, 0) is 35.8 Å². The minimum atomic E-state index is 0.527. The first-order valence-electron chi connectivity index (χ1n) is 9.46. The van der Waals surface area contributed by atoms with E-state index in [1.165, 1.54) is 61.0 Å². The Hall–Kier alpha value is -1.80. The lowest BCUT2D eigenvalue weighted by Gasteiger charge is -2.25. The molecule has 0 radical (unpaired) electrons. The molecule has 0 saturated heterocycles. The Morgan fingerprint density at radius 3 is 3.00 bits per heavy atom. The van der Waals surface area contributed by atoms with E-state index >= 15 is 0 Å². The fourth-order valence-electron chi connectivity index (χ4n) is 4.30. The van der Waals surface area contributed by atoms with Crippen LogP contribution in [0.4, 0.5) is 5.82 Å². The number of quaternary nitrogens is 1. The first kappa shape index (κ1) is 15.5. The maximum Gasteiger partial charge on any atom is 0.276 e. The number of thiophene rings is 1. The molecule has 7 nitrogen and oxygen atoms in total. The van der Waals surface area contributed by atoms with Gasteiger partial charge < -0.3 is 10.2 Å². The van der Waals surface area contributed by atoms with Gasteiger partial charge in [-0.1, -0.05) is 24.4 Å². The van der Waals surface area contributed by atoms with Crippen LogP contribution in [0.15, 0.2) is 0 Å². The molecular formula is C17H24N7S+. The van der Waals surface area contributed by atoms with Crippen LogP contribution < -0.4 is 10.2 Å². The summed E-state index contributed by atoms with van der Waals surface area (Å²) in [5.41, 5.74) is 1.47. The van der Waals surface area contributed by atoms with Gasteiger partial charge in [-0.2, -0.15) is 9.50 Å². The van der Waals surface area contributed by atoms with E-state index in [9.17, 15) is 0 Å². The number of aromatic nitrogens is 5. The highest BCUT2D eigenvalue weighted by Crippen LogP contribution is 2.37. The molecule has 1 atom stereocenters. The molecule has 0 bridgehead atoms. The molecule has 8 heteroatoms. The Balaban J connectivity index is 1.65. The first-order chi connectivity index (χ1) is 12.3. The van der Waals surface area contributed by atoms with Crippen molar-refractivity contribution < 1.29 is 4.90 Å². The van der Waals surface area contributed by atoms with Crippen molar-refractivity contribution in [1.29, 1.82) is 0 Å². The minimum absolute atomic E-state index is 0.527. The molecule has 25 heavy (non-hydrogen) atoms. The summed E-state index contributed by atoms with van der Waals surface area (Å²) < 4.78 is 1.82. The maximum atomic E-state index is 4.79. The number of hydrogen-bond donors (Lipinski definition) is 2. The van der Waals surface area contributed by atoms with Crippen LogP contribution in [0, 0.1) is 0 Å². The highest BCUT2D eigenvalue weighted by atomic mass is 32.1. The standard InChI is InChI=1S/C17H23N7S/c1-2-23-9-8-12-13(10-23)25-16-14(12)15(18-11-6-4-3-5-7-11)19-17-20-21-22-24(16)17/h11H,2-10H2,1H3,(H,18,19,20,22)/p+1. The van der Waals surface area contributed by atoms with Gasteiger partial charge in [0.05, 0.1) is 23.4 Å². The van der Waals surface area contributed by atoms with Crippen LogP contribution in [-0.2, 0) is 13.0 Å². The van der Waals surface area contributed by atoms with Crippen LogP contribution in [0.25, 0.3) is 16.0 Å². The first-order valence-corrected chi connectivity index (χ1v) is 10.3. The topological polar surface area (TPSA) is 72.4 Å². The average molecular weight is 358 g/mol. The van der Waals surface area contributed by atoms with Crippen molar-refractivity contribution in [1.82, 2.24) is 25.0 Å². The molecule has 2 aliphatic rings. The number of tetrazole rings is 1. The molecule has 1 fully saturated rings. The number of nitrogens with one attached hydrogen (secondary N) is 2. The Morgan fingerprint density at radius 2 is 2.16 bits per heavy atom. The predicted molar refractivity (Wildman–Crippen MR) is 98.2 cm³/mol. The highest BCUT2D eigenvalue weighted by molar-refractivity contribution is 7.19. The molecule has 1 saturated carbocycles. The molecule has 1 unspecified atom stereocenters. The van der Waals surface area contributed by atoms with Gasteiger partial charge in [0.2, 0.25) is 0 Å². The van der Waals surface area contributed by atoms with E-state index in [2.05, 4.69) is 27.8 Å². The molecule has 1 aliphatic heterocycles. The Kier molecular flexibility index (Phi) is 3.82. The van der Waals surface area contributed by atoms with Crippen molar-refractivity contribution in [3.63, 3.8) is 0 Å². The molecule has 2 N–H and O–H groups in total. The van der Waals surface area contributed by atoms with Crippen LogP contribution in [0.2, 0.25) is 0 Å². The van der Waals surface area contributed by atoms with Crippen molar-refractivity contribution >= 4 is 33.1 Å². The average Bonchev–Trinajstić information content (AvgIpc) is 3.26. The van der Waals surface area contributed by atoms with E-state index < -0.39 is 0 Å². The summed E-state index contributed by atoms with van der Waals surface area (Å²) in [7, 11) is 0. The van der Waals surface area contributed by atoms with Crippen molar-refractivity contribution in [3.8, 4) is 0 Å². The summed E-state index contributed by atoms with van der Waals surface area (Å²) in [4.78, 5) is 9.08. The molecule has 0 amide bonds. The maximum absolute atomic E-state index is 4.79. The van der Waals surface area contributed by atoms with Crippen LogP contribution in [0.3, 0.4) is 0 Å². The molecule has 0 spiro atoms. The highest BCUT2D eigenvalue weighted by Gasteiger charge is 2.28. The normalized spacial score (nSPS) is 21.7. The van der Waals surface area contributed by atoms with Crippen molar-refractivity contribution in [3.05, 3.63) is 10.4 Å². The number of anilines is 1. The second kappa shape index (κ2) is 6.17. The van der Waals surface area contributed by atoms with E-state index in [4.69, 9.17) is 4.98 Å². The number of hydrogen-bond acceptors (Lipinski definition) is 6. The second-order valence-corrected chi connectivity index (χ2v) is 8.38. The minimum Gasteiger partial charge on any atom is -0.367 e. The summed E-state index contributed by atoms with van der Waals surface area (Å²) >= 11 is 1.85. The van der Waals surface area contributed by atoms with E-state index in [1.54, 1.807) is 4.90 Å². The van der Waals surface area contributed by atoms with E-state index in [1.807, 2.05) is 15.9 Å². The Bertz CT molecular complexity index is 909. The summed E-state index contributed by atoms with van der Waals surface area (Å²) in [5.74, 6) is 1.60. The third kappa shape index (κ3) is 2.58. The Morgan fingerprint density at radius 1 is 1.28 bits per heavy atom. The molecule has 4 heterocycles. The van der Waals surface area contributed by atoms with E-state index in [0.29, 0.717) is 11.8 Å². The van der Waals surface area contributed by atoms with Gasteiger partial charge >= 0.3 is 0 Å². The largest absolute Gasteiger partial charge is 0.367 e. The van der Waals surface area contributed by atoms with Crippen LogP contribution in [0.5, 0.6) is 0 Å². The lowest BCUT2D eigenvalue weighted by atomic mass is 9.95. The quantitative estimate of drug-likeness (QED) is 0.741. The van der Waals surface area contributed by atoms with Crippen LogP contribution in [-0.4, -0.2) is 44.2 Å². The van der Waals surface area contributed by atoms with Crippen molar-refractivity contribution in [2.45, 2.75) is 58.0 Å². The SMILES string of the molecule is CC[NH+]1CCc2c(sc3c2c(NC2CCCCC2)nc2nnnn23)C1. The summed E-state index contributed by atoms with van der Waals surface area (Å²) in [5, 5.41) is 17.2. The number of fused-ring (bicyclic) bond motifs is 5. The van der Waals surface area contributed by atoms with Crippen LogP contribution in [0.1, 0.15) is 49.5 Å². The lowest BCUT2D eigenvalue weighted by molar-refractivity contribution is -0.913. The molecule has 3 aromatic rings. The van der Waals surface area contributed by atoms with Gasteiger partial charge in [0.1, 0.15) is 17.2 Å². The van der Waals surface area contributed by atoms with Crippen molar-refractivity contribution in [2.75, 3.05) is 18.4 Å². The molecule has 5 rings (SSSR count). The number of rotatable bonds is 3.